The van der Waals surface area contributed by atoms with Crippen molar-refractivity contribution >= 4 is 15.2 Å². The molecule has 0 aliphatic heterocycles. The number of aliphatic imine (C=N–C) groups is 1. The van der Waals surface area contributed by atoms with E-state index in [0.717, 1.165) is 5.57 Å². The Morgan fingerprint density at radius 1 is 1.80 bits per heavy atom. The molecule has 0 aliphatic rings. The van der Waals surface area contributed by atoms with Crippen LogP contribution in [0.25, 0.3) is 0 Å². The second kappa shape index (κ2) is 5.31. The monoisotopic (exact) mass is 159 g/mol. The van der Waals surface area contributed by atoms with Crippen LogP contribution < -0.4 is 0 Å². The maximum absolute atomic E-state index is 12.5. The van der Waals surface area contributed by atoms with E-state index in [-0.39, 0.29) is 0 Å². The first-order valence-electron chi connectivity index (χ1n) is 2.91. The summed E-state index contributed by atoms with van der Waals surface area (Å²) in [4.78, 5) is 3.50. The summed E-state index contributed by atoms with van der Waals surface area (Å²) in [5.74, 6) is -0.451. The van der Waals surface area contributed by atoms with E-state index in [1.807, 2.05) is 0 Å². The van der Waals surface area contributed by atoms with Crippen molar-refractivity contribution in [2.24, 2.45) is 4.99 Å². The maximum atomic E-state index is 12.5. The van der Waals surface area contributed by atoms with Gasteiger partial charge >= 0.3 is 0 Å². The van der Waals surface area contributed by atoms with Gasteiger partial charge < -0.3 is 0 Å². The number of nitrogens with zero attached hydrogens (tertiary/aromatic N) is 1. The Labute approximate surface area is 62.9 Å². The van der Waals surface area contributed by atoms with Crippen molar-refractivity contribution < 1.29 is 4.39 Å². The first kappa shape index (κ1) is 9.51. The summed E-state index contributed by atoms with van der Waals surface area (Å²) in [5, 5.41) is 0. The highest BCUT2D eigenvalue weighted by Crippen LogP contribution is 1.96. The van der Waals surface area contributed by atoms with E-state index >= 15 is 0 Å². The largest absolute Gasteiger partial charge is 0.254 e. The molecule has 1 unspecified atom stereocenters. The van der Waals surface area contributed by atoms with Crippen molar-refractivity contribution in [3.05, 3.63) is 24.3 Å². The summed E-state index contributed by atoms with van der Waals surface area (Å²) >= 11 is 0. The molecule has 0 rings (SSSR count). The predicted molar refractivity (Wildman–Crippen MR) is 47.1 cm³/mol. The van der Waals surface area contributed by atoms with Crippen molar-refractivity contribution in [3.63, 3.8) is 0 Å². The van der Waals surface area contributed by atoms with E-state index in [0.29, 0.717) is 6.29 Å². The Kier molecular flexibility index (Phi) is 5.05. The fourth-order valence-corrected chi connectivity index (χ4v) is 0.554. The highest BCUT2D eigenvalue weighted by molar-refractivity contribution is 7.16. The van der Waals surface area contributed by atoms with Crippen LogP contribution in [-0.4, -0.2) is 12.3 Å². The smallest absolute Gasteiger partial charge is 0.208 e. The van der Waals surface area contributed by atoms with Crippen LogP contribution in [0, 0.1) is 0 Å². The van der Waals surface area contributed by atoms with E-state index < -0.39 is 5.97 Å². The second-order valence-corrected chi connectivity index (χ2v) is 2.12. The van der Waals surface area contributed by atoms with Gasteiger partial charge in [-0.15, -0.1) is 9.24 Å². The average Bonchev–Trinajstić information content (AvgIpc) is 1.88. The van der Waals surface area contributed by atoms with Crippen LogP contribution in [-0.2, 0) is 0 Å². The Bertz CT molecular complexity index is 172. The fourth-order valence-electron chi connectivity index (χ4n) is 0.380. The summed E-state index contributed by atoms with van der Waals surface area (Å²) in [5.41, 5.74) is 0.778. The van der Waals surface area contributed by atoms with Crippen molar-refractivity contribution in [2.45, 2.75) is 6.92 Å². The molecule has 0 aromatic heterocycles. The van der Waals surface area contributed by atoms with Gasteiger partial charge in [-0.1, -0.05) is 12.7 Å². The molecular formula is C7H11FNP. The SMILES string of the molecule is C=C/C(C)=C\C(F)=N/CP. The fraction of sp³-hybridized carbons (Fsp3) is 0.286. The summed E-state index contributed by atoms with van der Waals surface area (Å²) in [6.45, 7) is 5.25. The summed E-state index contributed by atoms with van der Waals surface area (Å²) in [6, 6.07) is 0. The van der Waals surface area contributed by atoms with Gasteiger partial charge in [0.25, 0.3) is 0 Å². The van der Waals surface area contributed by atoms with Crippen molar-refractivity contribution in [1.82, 2.24) is 0 Å². The zero-order valence-electron chi connectivity index (χ0n) is 5.97. The van der Waals surface area contributed by atoms with Gasteiger partial charge in [-0.2, -0.15) is 4.39 Å². The highest BCUT2D eigenvalue weighted by atomic mass is 31.0. The average molecular weight is 159 g/mol. The van der Waals surface area contributed by atoms with Crippen LogP contribution in [0.5, 0.6) is 0 Å². The first-order chi connectivity index (χ1) is 4.70. The number of hydrogen-bond acceptors (Lipinski definition) is 1. The minimum atomic E-state index is -0.451. The predicted octanol–water partition coefficient (Wildman–Crippen LogP) is 2.32. The van der Waals surface area contributed by atoms with Crippen LogP contribution in [0.1, 0.15) is 6.92 Å². The highest BCUT2D eigenvalue weighted by Gasteiger charge is 1.87. The maximum Gasteiger partial charge on any atom is 0.208 e. The van der Waals surface area contributed by atoms with Crippen LogP contribution >= 0.6 is 9.24 Å². The first-order valence-corrected chi connectivity index (χ1v) is 3.73. The molecule has 0 fully saturated rings. The molecule has 0 aromatic carbocycles. The third kappa shape index (κ3) is 4.39. The third-order valence-corrected chi connectivity index (χ3v) is 1.09. The topological polar surface area (TPSA) is 12.4 Å². The molecule has 0 saturated carbocycles. The normalized spacial score (nSPS) is 13.5. The molecule has 0 spiro atoms. The van der Waals surface area contributed by atoms with Crippen molar-refractivity contribution in [3.8, 4) is 0 Å². The van der Waals surface area contributed by atoms with E-state index in [2.05, 4.69) is 20.8 Å². The van der Waals surface area contributed by atoms with E-state index in [1.54, 1.807) is 13.0 Å². The molecule has 0 aromatic rings. The summed E-state index contributed by atoms with van der Waals surface area (Å²) < 4.78 is 12.5. The lowest BCUT2D eigenvalue weighted by Gasteiger charge is -1.87. The Hall–Kier alpha value is -0.490. The van der Waals surface area contributed by atoms with Crippen LogP contribution in [0.15, 0.2) is 29.3 Å². The Morgan fingerprint density at radius 2 is 2.40 bits per heavy atom. The summed E-state index contributed by atoms with van der Waals surface area (Å²) in [7, 11) is 2.32. The van der Waals surface area contributed by atoms with Crippen LogP contribution in [0.2, 0.25) is 0 Å². The lowest BCUT2D eigenvalue weighted by Crippen LogP contribution is -1.83. The van der Waals surface area contributed by atoms with Crippen LogP contribution in [0.4, 0.5) is 4.39 Å². The molecule has 0 heterocycles. The van der Waals surface area contributed by atoms with Gasteiger partial charge in [-0.25, -0.2) is 0 Å². The van der Waals surface area contributed by atoms with E-state index in [9.17, 15) is 4.39 Å². The molecule has 1 atom stereocenters. The zero-order valence-corrected chi connectivity index (χ0v) is 7.13. The van der Waals surface area contributed by atoms with Gasteiger partial charge in [0.15, 0.2) is 0 Å². The van der Waals surface area contributed by atoms with Crippen molar-refractivity contribution in [1.29, 1.82) is 0 Å². The molecule has 0 N–H and O–H groups in total. The number of allylic oxidation sites excluding steroid dienone is 3. The van der Waals surface area contributed by atoms with Gasteiger partial charge in [0.05, 0.1) is 6.29 Å². The number of halogens is 1. The minimum Gasteiger partial charge on any atom is -0.254 e. The number of rotatable bonds is 3. The zero-order chi connectivity index (χ0) is 7.98. The van der Waals surface area contributed by atoms with Gasteiger partial charge in [0.2, 0.25) is 5.97 Å². The molecule has 10 heavy (non-hydrogen) atoms. The molecule has 0 bridgehead atoms. The van der Waals surface area contributed by atoms with Gasteiger partial charge in [-0.3, -0.25) is 4.99 Å². The molecule has 0 radical (unpaired) electrons. The standard InChI is InChI=1S/C7H11FNP/c1-3-6(2)4-7(8)9-5-10/h3-4H,1,5,10H2,2H3/b6-4-,9-7+. The third-order valence-electron chi connectivity index (χ3n) is 0.911. The molecule has 3 heteroatoms. The minimum absolute atomic E-state index is 0.396. The molecule has 56 valence electrons. The van der Waals surface area contributed by atoms with Gasteiger partial charge in [0.1, 0.15) is 0 Å². The van der Waals surface area contributed by atoms with Gasteiger partial charge in [0, 0.05) is 0 Å². The lowest BCUT2D eigenvalue weighted by molar-refractivity contribution is 0.807. The van der Waals surface area contributed by atoms with Crippen molar-refractivity contribution in [2.75, 3.05) is 6.29 Å². The molecule has 0 saturated heterocycles. The summed E-state index contributed by atoms with van der Waals surface area (Å²) in [6.07, 6.45) is 3.32. The second-order valence-electron chi connectivity index (χ2n) is 1.76. The quantitative estimate of drug-likeness (QED) is 0.340. The lowest BCUT2D eigenvalue weighted by atomic mass is 10.3. The molecular weight excluding hydrogens is 148 g/mol. The van der Waals surface area contributed by atoms with E-state index in [1.165, 1.54) is 6.08 Å². The van der Waals surface area contributed by atoms with E-state index in [4.69, 9.17) is 0 Å². The Morgan fingerprint density at radius 3 is 2.80 bits per heavy atom. The molecule has 1 nitrogen and oxygen atoms in total. The number of hydrogen-bond donors (Lipinski definition) is 0. The van der Waals surface area contributed by atoms with Gasteiger partial charge in [-0.05, 0) is 18.6 Å². The Balaban J connectivity index is 4.11. The molecule has 0 aliphatic carbocycles. The van der Waals surface area contributed by atoms with Crippen LogP contribution in [0.3, 0.4) is 0 Å². The molecule has 0 amide bonds.